The molecule has 0 aliphatic carbocycles. The number of hydrogen-bond donors (Lipinski definition) is 0. The topological polar surface area (TPSA) is 42.0 Å². The summed E-state index contributed by atoms with van der Waals surface area (Å²) in [6.45, 7) is 9.28. The van der Waals surface area contributed by atoms with Crippen LogP contribution >= 0.6 is 15.9 Å². The molecule has 3 rings (SSSR count). The Morgan fingerprint density at radius 1 is 1.35 bits per heavy atom. The van der Waals surface area contributed by atoms with Crippen molar-refractivity contribution in [3.8, 4) is 5.75 Å². The summed E-state index contributed by atoms with van der Waals surface area (Å²) < 4.78 is 12.5. The number of benzene rings is 1. The van der Waals surface area contributed by atoms with Gasteiger partial charge in [-0.05, 0) is 39.0 Å². The van der Waals surface area contributed by atoms with E-state index in [1.165, 1.54) is 5.56 Å². The summed E-state index contributed by atoms with van der Waals surface area (Å²) in [5, 5.41) is 0. The second kappa shape index (κ2) is 6.32. The van der Waals surface area contributed by atoms with E-state index < -0.39 is 5.60 Å². The molecular formula is C17H23BrN2O3. The first-order valence-corrected chi connectivity index (χ1v) is 8.74. The summed E-state index contributed by atoms with van der Waals surface area (Å²) >= 11 is 3.52. The van der Waals surface area contributed by atoms with Gasteiger partial charge in [-0.3, -0.25) is 4.90 Å². The molecule has 2 aliphatic rings. The summed E-state index contributed by atoms with van der Waals surface area (Å²) in [7, 11) is 0. The Morgan fingerprint density at radius 2 is 2.13 bits per heavy atom. The Kier molecular flexibility index (Phi) is 4.56. The molecule has 23 heavy (non-hydrogen) atoms. The average molecular weight is 383 g/mol. The van der Waals surface area contributed by atoms with Crippen molar-refractivity contribution in [1.82, 2.24) is 9.80 Å². The first-order chi connectivity index (χ1) is 10.8. The monoisotopic (exact) mass is 382 g/mol. The highest BCUT2D eigenvalue weighted by atomic mass is 79.9. The second-order valence-corrected chi connectivity index (χ2v) is 8.03. The molecule has 1 aromatic carbocycles. The second-order valence-electron chi connectivity index (χ2n) is 7.11. The number of rotatable bonds is 0. The highest BCUT2D eigenvalue weighted by Gasteiger charge is 2.34. The number of carbonyl (C=O) groups excluding carboxylic acids is 1. The summed E-state index contributed by atoms with van der Waals surface area (Å²) in [6, 6.07) is 6.31. The van der Waals surface area contributed by atoms with Gasteiger partial charge in [-0.2, -0.15) is 0 Å². The van der Waals surface area contributed by atoms with Gasteiger partial charge in [0.25, 0.3) is 0 Å². The summed E-state index contributed by atoms with van der Waals surface area (Å²) in [5.41, 5.74) is 0.726. The molecule has 126 valence electrons. The maximum Gasteiger partial charge on any atom is 0.410 e. The lowest BCUT2D eigenvalue weighted by Gasteiger charge is -2.40. The van der Waals surface area contributed by atoms with Gasteiger partial charge in [-0.25, -0.2) is 4.79 Å². The van der Waals surface area contributed by atoms with Crippen molar-refractivity contribution in [2.24, 2.45) is 0 Å². The maximum atomic E-state index is 12.3. The zero-order chi connectivity index (χ0) is 16.6. The number of ether oxygens (including phenoxy) is 2. The fraction of sp³-hybridized carbons (Fsp3) is 0.588. The molecule has 0 bridgehead atoms. The molecule has 2 heterocycles. The lowest BCUT2D eigenvalue weighted by Crippen LogP contribution is -2.56. The van der Waals surface area contributed by atoms with Crippen LogP contribution in [0.2, 0.25) is 0 Å². The zero-order valence-corrected chi connectivity index (χ0v) is 15.4. The molecule has 0 spiro atoms. The molecule has 1 aromatic rings. The van der Waals surface area contributed by atoms with Crippen LogP contribution in [0.3, 0.4) is 0 Å². The molecule has 6 heteroatoms. The Labute approximate surface area is 145 Å². The molecule has 0 N–H and O–H groups in total. The predicted octanol–water partition coefficient (Wildman–Crippen LogP) is 3.26. The lowest BCUT2D eigenvalue weighted by atomic mass is 10.1. The van der Waals surface area contributed by atoms with Gasteiger partial charge in [-0.1, -0.05) is 15.9 Å². The van der Waals surface area contributed by atoms with Gasteiger partial charge >= 0.3 is 6.09 Å². The smallest absolute Gasteiger partial charge is 0.410 e. The van der Waals surface area contributed by atoms with E-state index in [0.717, 1.165) is 23.3 Å². The molecule has 1 fully saturated rings. The van der Waals surface area contributed by atoms with Crippen molar-refractivity contribution >= 4 is 22.0 Å². The van der Waals surface area contributed by atoms with Crippen molar-refractivity contribution in [2.45, 2.75) is 39.0 Å². The van der Waals surface area contributed by atoms with Crippen LogP contribution in [0.4, 0.5) is 4.79 Å². The Balaban J connectivity index is 1.68. The van der Waals surface area contributed by atoms with Crippen molar-refractivity contribution in [2.75, 3.05) is 26.2 Å². The fourth-order valence-electron chi connectivity index (χ4n) is 2.97. The number of hydrogen-bond acceptors (Lipinski definition) is 4. The van der Waals surface area contributed by atoms with Crippen LogP contribution in [-0.4, -0.2) is 53.8 Å². The van der Waals surface area contributed by atoms with E-state index in [9.17, 15) is 4.79 Å². The first kappa shape index (κ1) is 16.6. The van der Waals surface area contributed by atoms with Gasteiger partial charge in [0.05, 0.1) is 6.04 Å². The van der Waals surface area contributed by atoms with Crippen LogP contribution in [0.15, 0.2) is 22.7 Å². The number of fused-ring (bicyclic) bond motifs is 2. The third-order valence-corrected chi connectivity index (χ3v) is 4.58. The molecule has 5 nitrogen and oxygen atoms in total. The summed E-state index contributed by atoms with van der Waals surface area (Å²) in [5.74, 6) is 0.936. The van der Waals surface area contributed by atoms with Gasteiger partial charge < -0.3 is 14.4 Å². The van der Waals surface area contributed by atoms with Gasteiger partial charge in [0.15, 0.2) is 0 Å². The minimum Gasteiger partial charge on any atom is -0.492 e. The van der Waals surface area contributed by atoms with E-state index in [2.05, 4.69) is 26.9 Å². The maximum absolute atomic E-state index is 12.3. The molecular weight excluding hydrogens is 360 g/mol. The van der Waals surface area contributed by atoms with E-state index in [4.69, 9.17) is 9.47 Å². The number of halogens is 1. The Morgan fingerprint density at radius 3 is 2.87 bits per heavy atom. The van der Waals surface area contributed by atoms with Crippen molar-refractivity contribution < 1.29 is 14.3 Å². The molecule has 1 saturated heterocycles. The summed E-state index contributed by atoms with van der Waals surface area (Å²) in [6.07, 6.45) is -0.235. The van der Waals surface area contributed by atoms with Crippen molar-refractivity contribution in [3.05, 3.63) is 28.2 Å². The van der Waals surface area contributed by atoms with Crippen LogP contribution in [0, 0.1) is 0 Å². The number of piperazine rings is 1. The van der Waals surface area contributed by atoms with Crippen LogP contribution in [0.25, 0.3) is 0 Å². The normalized spacial score (nSPS) is 21.7. The van der Waals surface area contributed by atoms with Crippen molar-refractivity contribution in [1.29, 1.82) is 0 Å². The first-order valence-electron chi connectivity index (χ1n) is 7.95. The standard InChI is InChI=1S/C17H23BrN2O3/c1-17(2,3)23-16(21)20-7-6-19-9-12-8-13(18)4-5-15(12)22-11-14(19)10-20/h4-5,8,14H,6-7,9-11H2,1-3H3. The van der Waals surface area contributed by atoms with Gasteiger partial charge in [0.2, 0.25) is 0 Å². The van der Waals surface area contributed by atoms with Crippen molar-refractivity contribution in [3.63, 3.8) is 0 Å². The predicted molar refractivity (Wildman–Crippen MR) is 91.6 cm³/mol. The molecule has 1 amide bonds. The van der Waals surface area contributed by atoms with E-state index in [1.807, 2.05) is 32.9 Å². The third-order valence-electron chi connectivity index (χ3n) is 4.08. The Bertz CT molecular complexity index is 600. The SMILES string of the molecule is CC(C)(C)OC(=O)N1CCN2Cc3cc(Br)ccc3OCC2C1. The quantitative estimate of drug-likeness (QED) is 0.690. The molecule has 1 unspecified atom stereocenters. The van der Waals surface area contributed by atoms with Gasteiger partial charge in [0.1, 0.15) is 18.0 Å². The number of carbonyl (C=O) groups is 1. The van der Waals surface area contributed by atoms with Crippen LogP contribution in [-0.2, 0) is 11.3 Å². The van der Waals surface area contributed by atoms with Gasteiger partial charge in [-0.15, -0.1) is 0 Å². The van der Waals surface area contributed by atoms with E-state index in [1.54, 1.807) is 4.90 Å². The third kappa shape index (κ3) is 3.98. The molecule has 0 saturated carbocycles. The summed E-state index contributed by atoms with van der Waals surface area (Å²) in [4.78, 5) is 16.5. The van der Waals surface area contributed by atoms with Crippen LogP contribution in [0.5, 0.6) is 5.75 Å². The molecule has 0 radical (unpaired) electrons. The lowest BCUT2D eigenvalue weighted by molar-refractivity contribution is -0.00154. The van der Waals surface area contributed by atoms with Crippen LogP contribution < -0.4 is 4.74 Å². The average Bonchev–Trinajstić information content (AvgIpc) is 2.63. The van der Waals surface area contributed by atoms with Gasteiger partial charge in [0, 0.05) is 36.2 Å². The highest BCUT2D eigenvalue weighted by molar-refractivity contribution is 9.10. The van der Waals surface area contributed by atoms with E-state index in [0.29, 0.717) is 19.7 Å². The minimum absolute atomic E-state index is 0.197. The van der Waals surface area contributed by atoms with E-state index in [-0.39, 0.29) is 12.1 Å². The molecule has 2 aliphatic heterocycles. The minimum atomic E-state index is -0.462. The zero-order valence-electron chi connectivity index (χ0n) is 13.8. The van der Waals surface area contributed by atoms with Crippen LogP contribution in [0.1, 0.15) is 26.3 Å². The molecule has 0 aromatic heterocycles. The number of amides is 1. The Hall–Kier alpha value is -1.27. The largest absolute Gasteiger partial charge is 0.492 e. The van der Waals surface area contributed by atoms with E-state index >= 15 is 0 Å². The molecule has 1 atom stereocenters. The highest BCUT2D eigenvalue weighted by Crippen LogP contribution is 2.29. The fourth-order valence-corrected chi connectivity index (χ4v) is 3.38. The number of nitrogens with zero attached hydrogens (tertiary/aromatic N) is 2.